The van der Waals surface area contributed by atoms with Gasteiger partial charge in [0.05, 0.1) is 12.0 Å². The van der Waals surface area contributed by atoms with E-state index in [2.05, 4.69) is 10.9 Å². The predicted octanol–water partition coefficient (Wildman–Crippen LogP) is 1.95. The first-order valence-corrected chi connectivity index (χ1v) is 10.9. The Morgan fingerprint density at radius 2 is 1.60 bits per heavy atom. The van der Waals surface area contributed by atoms with E-state index in [1.54, 1.807) is 37.5 Å². The van der Waals surface area contributed by atoms with Crippen LogP contribution in [0.2, 0.25) is 0 Å². The van der Waals surface area contributed by atoms with Gasteiger partial charge < -0.3 is 4.74 Å². The zero-order chi connectivity index (χ0) is 21.6. The lowest BCUT2D eigenvalue weighted by Gasteiger charge is -2.15. The molecule has 1 aliphatic heterocycles. The van der Waals surface area contributed by atoms with Crippen molar-refractivity contribution in [2.45, 2.75) is 17.7 Å². The van der Waals surface area contributed by atoms with Gasteiger partial charge in [-0.3, -0.25) is 20.4 Å². The van der Waals surface area contributed by atoms with Crippen LogP contribution in [0.3, 0.4) is 0 Å². The Morgan fingerprint density at radius 1 is 0.967 bits per heavy atom. The Kier molecular flexibility index (Phi) is 6.86. The van der Waals surface area contributed by atoms with Gasteiger partial charge in [0.1, 0.15) is 5.75 Å². The van der Waals surface area contributed by atoms with Gasteiger partial charge in [0.25, 0.3) is 11.8 Å². The zero-order valence-electron chi connectivity index (χ0n) is 16.5. The number of sulfonamides is 1. The first-order valence-electron chi connectivity index (χ1n) is 9.43. The van der Waals surface area contributed by atoms with Crippen molar-refractivity contribution in [1.82, 2.24) is 15.2 Å². The first kappa shape index (κ1) is 21.5. The van der Waals surface area contributed by atoms with Crippen LogP contribution in [0, 0.1) is 0 Å². The Morgan fingerprint density at radius 3 is 2.20 bits per heavy atom. The number of carbonyl (C=O) groups is 2. The third-order valence-corrected chi connectivity index (χ3v) is 6.57. The maximum absolute atomic E-state index is 12.5. The summed E-state index contributed by atoms with van der Waals surface area (Å²) >= 11 is 0. The predicted molar refractivity (Wildman–Crippen MR) is 112 cm³/mol. The molecule has 0 spiro atoms. The molecular formula is C21H23N3O5S. The molecular weight excluding hydrogens is 406 g/mol. The molecule has 158 valence electrons. The summed E-state index contributed by atoms with van der Waals surface area (Å²) in [6, 6.07) is 12.7. The zero-order valence-corrected chi connectivity index (χ0v) is 17.3. The van der Waals surface area contributed by atoms with Crippen LogP contribution in [-0.2, 0) is 14.8 Å². The fourth-order valence-corrected chi connectivity index (χ4v) is 4.49. The molecule has 1 fully saturated rings. The van der Waals surface area contributed by atoms with Crippen molar-refractivity contribution in [3.63, 3.8) is 0 Å². The van der Waals surface area contributed by atoms with Crippen LogP contribution in [-0.4, -0.2) is 44.7 Å². The normalized spacial score (nSPS) is 14.6. The fraction of sp³-hybridized carbons (Fsp3) is 0.238. The Balaban J connectivity index is 1.54. The molecule has 2 aromatic rings. The SMILES string of the molecule is COc1ccc(/C=C/C(=O)NNC(=O)c2ccc(S(=O)(=O)N3CCCC3)cc2)cc1. The van der Waals surface area contributed by atoms with Crippen LogP contribution < -0.4 is 15.6 Å². The minimum absolute atomic E-state index is 0.146. The fourth-order valence-electron chi connectivity index (χ4n) is 2.97. The van der Waals surface area contributed by atoms with Crippen molar-refractivity contribution in [3.05, 3.63) is 65.7 Å². The summed E-state index contributed by atoms with van der Waals surface area (Å²) in [6.45, 7) is 1.03. The van der Waals surface area contributed by atoms with Crippen molar-refractivity contribution in [1.29, 1.82) is 0 Å². The van der Waals surface area contributed by atoms with Crippen LogP contribution in [0.15, 0.2) is 59.5 Å². The van der Waals surface area contributed by atoms with E-state index in [0.717, 1.165) is 18.4 Å². The number of carbonyl (C=O) groups excluding carboxylic acids is 2. The second-order valence-corrected chi connectivity index (χ2v) is 8.62. The van der Waals surface area contributed by atoms with E-state index in [0.29, 0.717) is 18.8 Å². The third-order valence-electron chi connectivity index (χ3n) is 4.66. The van der Waals surface area contributed by atoms with E-state index >= 15 is 0 Å². The molecule has 2 aromatic carbocycles. The highest BCUT2D eigenvalue weighted by Crippen LogP contribution is 2.21. The number of amides is 2. The summed E-state index contributed by atoms with van der Waals surface area (Å²) in [5, 5.41) is 0. The molecule has 0 bridgehead atoms. The Bertz CT molecular complexity index is 1030. The Hall–Kier alpha value is -3.17. The third kappa shape index (κ3) is 5.25. The molecule has 1 heterocycles. The molecule has 2 N–H and O–H groups in total. The number of hydrogen-bond donors (Lipinski definition) is 2. The number of methoxy groups -OCH3 is 1. The number of nitrogens with one attached hydrogen (secondary N) is 2. The number of benzene rings is 2. The van der Waals surface area contributed by atoms with Crippen LogP contribution in [0.25, 0.3) is 6.08 Å². The molecule has 0 unspecified atom stereocenters. The van der Waals surface area contributed by atoms with Crippen molar-refractivity contribution in [3.8, 4) is 5.75 Å². The second-order valence-electron chi connectivity index (χ2n) is 6.69. The number of nitrogens with zero attached hydrogens (tertiary/aromatic N) is 1. The smallest absolute Gasteiger partial charge is 0.269 e. The summed E-state index contributed by atoms with van der Waals surface area (Å²) in [7, 11) is -1.96. The maximum Gasteiger partial charge on any atom is 0.269 e. The summed E-state index contributed by atoms with van der Waals surface area (Å²) < 4.78 is 31.5. The summed E-state index contributed by atoms with van der Waals surface area (Å²) in [5.74, 6) is -0.346. The molecule has 0 aliphatic carbocycles. The van der Waals surface area contributed by atoms with Crippen LogP contribution >= 0.6 is 0 Å². The molecule has 8 nitrogen and oxygen atoms in total. The summed E-state index contributed by atoms with van der Waals surface area (Å²) in [4.78, 5) is 24.2. The highest BCUT2D eigenvalue weighted by molar-refractivity contribution is 7.89. The van der Waals surface area contributed by atoms with Gasteiger partial charge in [-0.05, 0) is 60.9 Å². The van der Waals surface area contributed by atoms with E-state index in [9.17, 15) is 18.0 Å². The van der Waals surface area contributed by atoms with Gasteiger partial charge in [-0.1, -0.05) is 12.1 Å². The summed E-state index contributed by atoms with van der Waals surface area (Å²) in [6.07, 6.45) is 4.59. The van der Waals surface area contributed by atoms with Crippen molar-refractivity contribution < 1.29 is 22.7 Å². The second kappa shape index (κ2) is 9.55. The van der Waals surface area contributed by atoms with Gasteiger partial charge in [-0.15, -0.1) is 0 Å². The highest BCUT2D eigenvalue weighted by Gasteiger charge is 2.27. The number of rotatable bonds is 6. The topological polar surface area (TPSA) is 105 Å². The minimum atomic E-state index is -3.53. The minimum Gasteiger partial charge on any atom is -0.497 e. The van der Waals surface area contributed by atoms with Gasteiger partial charge in [0.15, 0.2) is 0 Å². The van der Waals surface area contributed by atoms with E-state index in [1.165, 1.54) is 34.6 Å². The van der Waals surface area contributed by atoms with Gasteiger partial charge >= 0.3 is 0 Å². The van der Waals surface area contributed by atoms with Crippen LogP contribution in [0.4, 0.5) is 0 Å². The number of hydrazine groups is 1. The lowest BCUT2D eigenvalue weighted by atomic mass is 10.2. The van der Waals surface area contributed by atoms with Crippen molar-refractivity contribution in [2.75, 3.05) is 20.2 Å². The lowest BCUT2D eigenvalue weighted by Crippen LogP contribution is -2.40. The molecule has 30 heavy (non-hydrogen) atoms. The van der Waals surface area contributed by atoms with E-state index in [1.807, 2.05) is 0 Å². The number of hydrogen-bond acceptors (Lipinski definition) is 5. The van der Waals surface area contributed by atoms with Crippen molar-refractivity contribution in [2.24, 2.45) is 0 Å². The van der Waals surface area contributed by atoms with E-state index in [4.69, 9.17) is 4.74 Å². The Labute approximate surface area is 175 Å². The van der Waals surface area contributed by atoms with Crippen LogP contribution in [0.1, 0.15) is 28.8 Å². The summed E-state index contributed by atoms with van der Waals surface area (Å²) in [5.41, 5.74) is 5.61. The average molecular weight is 429 g/mol. The highest BCUT2D eigenvalue weighted by atomic mass is 32.2. The van der Waals surface area contributed by atoms with Crippen molar-refractivity contribution >= 4 is 27.9 Å². The molecule has 1 saturated heterocycles. The maximum atomic E-state index is 12.5. The lowest BCUT2D eigenvalue weighted by molar-refractivity contribution is -0.117. The molecule has 0 radical (unpaired) electrons. The molecule has 9 heteroatoms. The monoisotopic (exact) mass is 429 g/mol. The van der Waals surface area contributed by atoms with Gasteiger partial charge in [0.2, 0.25) is 10.0 Å². The quantitative estimate of drug-likeness (QED) is 0.540. The first-order chi connectivity index (χ1) is 14.4. The van der Waals surface area contributed by atoms with Gasteiger partial charge in [-0.2, -0.15) is 4.31 Å². The van der Waals surface area contributed by atoms with Gasteiger partial charge in [-0.25, -0.2) is 8.42 Å². The van der Waals surface area contributed by atoms with E-state index < -0.39 is 21.8 Å². The molecule has 2 amide bonds. The van der Waals surface area contributed by atoms with Crippen LogP contribution in [0.5, 0.6) is 5.75 Å². The average Bonchev–Trinajstić information content (AvgIpc) is 3.32. The molecule has 0 saturated carbocycles. The standard InChI is InChI=1S/C21H23N3O5S/c1-29-18-9-4-16(5-10-18)6-13-20(25)22-23-21(26)17-7-11-19(12-8-17)30(27,28)24-14-2-3-15-24/h4-13H,2-3,14-15H2,1H3,(H,22,25)(H,23,26)/b13-6+. The van der Waals surface area contributed by atoms with E-state index in [-0.39, 0.29) is 10.5 Å². The molecule has 0 aromatic heterocycles. The largest absolute Gasteiger partial charge is 0.497 e. The molecule has 3 rings (SSSR count). The molecule has 0 atom stereocenters. The van der Waals surface area contributed by atoms with Gasteiger partial charge in [0, 0.05) is 24.7 Å². The molecule has 1 aliphatic rings. The number of ether oxygens (including phenoxy) is 1.